The van der Waals surface area contributed by atoms with Crippen LogP contribution in [0.4, 0.5) is 0 Å². The molecule has 0 aliphatic heterocycles. The lowest BCUT2D eigenvalue weighted by molar-refractivity contribution is 0.0697. The van der Waals surface area contributed by atoms with Crippen molar-refractivity contribution in [3.8, 4) is 0 Å². The molecule has 0 saturated carbocycles. The summed E-state index contributed by atoms with van der Waals surface area (Å²) in [7, 11) is 0. The highest BCUT2D eigenvalue weighted by atomic mass is 16.4. The van der Waals surface area contributed by atoms with E-state index in [2.05, 4.69) is 6.92 Å². The summed E-state index contributed by atoms with van der Waals surface area (Å²) in [5, 5.41) is 8.83. The zero-order chi connectivity index (χ0) is 10.6. The van der Waals surface area contributed by atoms with Crippen molar-refractivity contribution in [3.05, 3.63) is 23.5 Å². The summed E-state index contributed by atoms with van der Waals surface area (Å²) in [5.41, 5.74) is 1.53. The van der Waals surface area contributed by atoms with Crippen molar-refractivity contribution in [3.63, 3.8) is 0 Å². The number of nitrogens with zero attached hydrogens (tertiary/aromatic N) is 1. The third kappa shape index (κ3) is 2.37. The van der Waals surface area contributed by atoms with Gasteiger partial charge in [0.05, 0.1) is 5.56 Å². The molecule has 1 heterocycles. The van der Waals surface area contributed by atoms with Crippen LogP contribution in [-0.2, 0) is 13.0 Å². The van der Waals surface area contributed by atoms with E-state index in [-0.39, 0.29) is 0 Å². The second kappa shape index (κ2) is 4.84. The van der Waals surface area contributed by atoms with Crippen LogP contribution in [0.5, 0.6) is 0 Å². The molecule has 0 aromatic carbocycles. The lowest BCUT2D eigenvalue weighted by Gasteiger charge is -2.04. The van der Waals surface area contributed by atoms with E-state index in [1.54, 1.807) is 12.3 Å². The van der Waals surface area contributed by atoms with Crippen LogP contribution >= 0.6 is 0 Å². The predicted molar refractivity (Wildman–Crippen MR) is 55.7 cm³/mol. The van der Waals surface area contributed by atoms with Gasteiger partial charge >= 0.3 is 5.97 Å². The molecule has 0 radical (unpaired) electrons. The van der Waals surface area contributed by atoms with Gasteiger partial charge in [0.25, 0.3) is 0 Å². The summed E-state index contributed by atoms with van der Waals surface area (Å²) in [6, 6.07) is 1.78. The molecule has 1 rings (SSSR count). The zero-order valence-electron chi connectivity index (χ0n) is 8.79. The number of rotatable bonds is 5. The van der Waals surface area contributed by atoms with Gasteiger partial charge in [-0.2, -0.15) is 0 Å². The average molecular weight is 195 g/mol. The third-order valence-electron chi connectivity index (χ3n) is 2.36. The van der Waals surface area contributed by atoms with Crippen molar-refractivity contribution in [1.29, 1.82) is 0 Å². The van der Waals surface area contributed by atoms with Crippen LogP contribution < -0.4 is 0 Å². The van der Waals surface area contributed by atoms with Crippen LogP contribution in [-0.4, -0.2) is 15.6 Å². The molecule has 14 heavy (non-hydrogen) atoms. The minimum absolute atomic E-state index is 0.401. The number of aromatic carboxylic acids is 1. The summed E-state index contributed by atoms with van der Waals surface area (Å²) in [4.78, 5) is 10.7. The van der Waals surface area contributed by atoms with Crippen LogP contribution in [0.1, 0.15) is 42.7 Å². The Balaban J connectivity index is 2.85. The van der Waals surface area contributed by atoms with Gasteiger partial charge in [-0.1, -0.05) is 13.3 Å². The maximum atomic E-state index is 10.7. The molecule has 0 aliphatic carbocycles. The molecule has 78 valence electrons. The molecule has 1 aromatic rings. The van der Waals surface area contributed by atoms with Gasteiger partial charge in [0.2, 0.25) is 0 Å². The number of unbranched alkanes of at least 4 members (excludes halogenated alkanes) is 1. The molecule has 0 amide bonds. The normalized spacial score (nSPS) is 10.4. The van der Waals surface area contributed by atoms with Gasteiger partial charge in [-0.25, -0.2) is 4.79 Å². The minimum atomic E-state index is -0.838. The minimum Gasteiger partial charge on any atom is -0.478 e. The van der Waals surface area contributed by atoms with Gasteiger partial charge in [-0.15, -0.1) is 0 Å². The van der Waals surface area contributed by atoms with Crippen LogP contribution in [0.2, 0.25) is 0 Å². The lowest BCUT2D eigenvalue weighted by Crippen LogP contribution is -1.98. The highest BCUT2D eigenvalue weighted by molar-refractivity contribution is 5.87. The van der Waals surface area contributed by atoms with Crippen molar-refractivity contribution in [1.82, 2.24) is 4.57 Å². The first-order valence-electron chi connectivity index (χ1n) is 5.11. The Labute approximate surface area is 84.4 Å². The molecular formula is C11H17NO2. The van der Waals surface area contributed by atoms with E-state index in [9.17, 15) is 4.79 Å². The molecule has 0 bridgehead atoms. The number of carbonyl (C=O) groups is 1. The number of aryl methyl sites for hydroxylation is 2. The maximum Gasteiger partial charge on any atom is 0.337 e. The first-order valence-corrected chi connectivity index (χ1v) is 5.11. The van der Waals surface area contributed by atoms with Gasteiger partial charge in [0, 0.05) is 18.4 Å². The van der Waals surface area contributed by atoms with Gasteiger partial charge in [-0.3, -0.25) is 0 Å². The van der Waals surface area contributed by atoms with E-state index < -0.39 is 5.97 Å². The summed E-state index contributed by atoms with van der Waals surface area (Å²) >= 11 is 0. The number of carboxylic acid groups (broad SMARTS) is 1. The van der Waals surface area contributed by atoms with Crippen molar-refractivity contribution >= 4 is 5.97 Å². The second-order valence-electron chi connectivity index (χ2n) is 3.41. The Bertz CT molecular complexity index is 315. The van der Waals surface area contributed by atoms with Crippen LogP contribution in [0.25, 0.3) is 0 Å². The van der Waals surface area contributed by atoms with Gasteiger partial charge < -0.3 is 9.67 Å². The first-order chi connectivity index (χ1) is 6.69. The summed E-state index contributed by atoms with van der Waals surface area (Å²) in [5.74, 6) is -0.838. The van der Waals surface area contributed by atoms with Crippen LogP contribution in [0, 0.1) is 0 Å². The van der Waals surface area contributed by atoms with E-state index >= 15 is 0 Å². The first kappa shape index (κ1) is 10.8. The largest absolute Gasteiger partial charge is 0.478 e. The summed E-state index contributed by atoms with van der Waals surface area (Å²) in [6.07, 6.45) is 4.94. The van der Waals surface area contributed by atoms with E-state index in [0.717, 1.165) is 31.5 Å². The van der Waals surface area contributed by atoms with E-state index in [0.29, 0.717) is 5.56 Å². The second-order valence-corrected chi connectivity index (χ2v) is 3.41. The number of carboxylic acids is 1. The molecule has 0 unspecified atom stereocenters. The number of hydrogen-bond acceptors (Lipinski definition) is 1. The molecule has 1 aromatic heterocycles. The van der Waals surface area contributed by atoms with Crippen LogP contribution in [0.15, 0.2) is 12.3 Å². The Morgan fingerprint density at radius 1 is 1.50 bits per heavy atom. The molecule has 0 aliphatic rings. The maximum absolute atomic E-state index is 10.7. The van der Waals surface area contributed by atoms with Gasteiger partial charge in [-0.05, 0) is 25.8 Å². The quantitative estimate of drug-likeness (QED) is 0.784. The van der Waals surface area contributed by atoms with Crippen molar-refractivity contribution < 1.29 is 9.90 Å². The Hall–Kier alpha value is -1.25. The molecule has 0 fully saturated rings. The molecule has 3 heteroatoms. The van der Waals surface area contributed by atoms with E-state index in [1.807, 2.05) is 11.5 Å². The third-order valence-corrected chi connectivity index (χ3v) is 2.36. The van der Waals surface area contributed by atoms with E-state index in [1.165, 1.54) is 0 Å². The molecule has 0 spiro atoms. The van der Waals surface area contributed by atoms with Gasteiger partial charge in [0.1, 0.15) is 0 Å². The topological polar surface area (TPSA) is 42.2 Å². The Morgan fingerprint density at radius 2 is 2.21 bits per heavy atom. The summed E-state index contributed by atoms with van der Waals surface area (Å²) in [6.45, 7) is 5.00. The van der Waals surface area contributed by atoms with Crippen molar-refractivity contribution in [2.45, 2.75) is 39.7 Å². The molecule has 3 nitrogen and oxygen atoms in total. The SMILES string of the molecule is CCCCc1cc(C(=O)O)cn1CC. The molecule has 0 saturated heterocycles. The fourth-order valence-electron chi connectivity index (χ4n) is 1.54. The number of hydrogen-bond donors (Lipinski definition) is 1. The number of aromatic nitrogens is 1. The zero-order valence-corrected chi connectivity index (χ0v) is 8.79. The standard InChI is InChI=1S/C11H17NO2/c1-3-5-6-10-7-9(11(13)14)8-12(10)4-2/h7-8H,3-6H2,1-2H3,(H,13,14). The molecule has 0 atom stereocenters. The Kier molecular flexibility index (Phi) is 3.74. The average Bonchev–Trinajstić information content (AvgIpc) is 2.57. The summed E-state index contributed by atoms with van der Waals surface area (Å²) < 4.78 is 2.01. The molecular weight excluding hydrogens is 178 g/mol. The Morgan fingerprint density at radius 3 is 2.71 bits per heavy atom. The monoisotopic (exact) mass is 195 g/mol. The smallest absolute Gasteiger partial charge is 0.337 e. The fraction of sp³-hybridized carbons (Fsp3) is 0.545. The van der Waals surface area contributed by atoms with Crippen molar-refractivity contribution in [2.75, 3.05) is 0 Å². The van der Waals surface area contributed by atoms with Gasteiger partial charge in [0.15, 0.2) is 0 Å². The highest BCUT2D eigenvalue weighted by Gasteiger charge is 2.09. The fourth-order valence-corrected chi connectivity index (χ4v) is 1.54. The molecule has 1 N–H and O–H groups in total. The highest BCUT2D eigenvalue weighted by Crippen LogP contribution is 2.11. The van der Waals surface area contributed by atoms with E-state index in [4.69, 9.17) is 5.11 Å². The predicted octanol–water partition coefficient (Wildman–Crippen LogP) is 2.55. The van der Waals surface area contributed by atoms with Crippen LogP contribution in [0.3, 0.4) is 0 Å². The lowest BCUT2D eigenvalue weighted by atomic mass is 10.2. The van der Waals surface area contributed by atoms with Crippen molar-refractivity contribution in [2.24, 2.45) is 0 Å².